The summed E-state index contributed by atoms with van der Waals surface area (Å²) in [5.74, 6) is -4.02. The number of aromatic nitrogens is 4. The average molecular weight is 407 g/mol. The number of rotatable bonds is 4. The minimum atomic E-state index is -3.31. The summed E-state index contributed by atoms with van der Waals surface area (Å²) in [5.41, 5.74) is 0.922. The van der Waals surface area contributed by atoms with E-state index in [0.717, 1.165) is 6.08 Å². The number of fused-ring (bicyclic) bond motifs is 1. The number of imidazole rings is 1. The van der Waals surface area contributed by atoms with Crippen LogP contribution in [0.25, 0.3) is 11.2 Å². The Morgan fingerprint density at radius 1 is 1.25 bits per heavy atom. The van der Waals surface area contributed by atoms with Crippen LogP contribution in [-0.2, 0) is 9.47 Å². The molecule has 2 aromatic heterocycles. The molecule has 0 amide bonds. The summed E-state index contributed by atoms with van der Waals surface area (Å²) in [4.78, 5) is 24.0. The summed E-state index contributed by atoms with van der Waals surface area (Å²) >= 11 is 5.96. The second-order valence-electron chi connectivity index (χ2n) is 6.00. The van der Waals surface area contributed by atoms with Gasteiger partial charge in [0.05, 0.1) is 11.9 Å². The molecule has 0 fully saturated rings. The van der Waals surface area contributed by atoms with E-state index in [0.29, 0.717) is 11.2 Å². The first-order chi connectivity index (χ1) is 13.5. The van der Waals surface area contributed by atoms with Gasteiger partial charge in [0.25, 0.3) is 5.92 Å². The third-order valence-electron chi connectivity index (χ3n) is 4.18. The van der Waals surface area contributed by atoms with Crippen LogP contribution in [-0.4, -0.2) is 44.1 Å². The van der Waals surface area contributed by atoms with Crippen LogP contribution in [0.5, 0.6) is 0 Å². The predicted octanol–water partition coefficient (Wildman–Crippen LogP) is 3.43. The minimum absolute atomic E-state index is 0.141. The van der Waals surface area contributed by atoms with Crippen molar-refractivity contribution in [2.75, 3.05) is 6.61 Å². The van der Waals surface area contributed by atoms with E-state index in [1.165, 1.54) is 35.4 Å². The Morgan fingerprint density at radius 3 is 2.82 bits per heavy atom. The molecular weight excluding hydrogens is 394 g/mol. The third-order valence-corrected chi connectivity index (χ3v) is 4.46. The van der Waals surface area contributed by atoms with Crippen LogP contribution in [0.1, 0.15) is 16.6 Å². The Balaban J connectivity index is 1.53. The van der Waals surface area contributed by atoms with Crippen molar-refractivity contribution in [3.05, 3.63) is 65.9 Å². The molecule has 7 nitrogen and oxygen atoms in total. The van der Waals surface area contributed by atoms with Gasteiger partial charge in [0.1, 0.15) is 18.5 Å². The number of alkyl halides is 2. The van der Waals surface area contributed by atoms with Gasteiger partial charge in [0.2, 0.25) is 0 Å². The van der Waals surface area contributed by atoms with E-state index >= 15 is 0 Å². The zero-order valence-corrected chi connectivity index (χ0v) is 15.0. The molecule has 0 bridgehead atoms. The van der Waals surface area contributed by atoms with Crippen LogP contribution in [0.4, 0.5) is 8.78 Å². The lowest BCUT2D eigenvalue weighted by Crippen LogP contribution is -2.43. The van der Waals surface area contributed by atoms with Gasteiger partial charge in [-0.15, -0.1) is 0 Å². The van der Waals surface area contributed by atoms with Crippen molar-refractivity contribution in [2.24, 2.45) is 0 Å². The molecule has 0 radical (unpaired) electrons. The summed E-state index contributed by atoms with van der Waals surface area (Å²) in [6.45, 7) is -0.621. The fraction of sp³-hybridized carbons (Fsp3) is 0.222. The first-order valence-electron chi connectivity index (χ1n) is 8.23. The van der Waals surface area contributed by atoms with Gasteiger partial charge in [0.15, 0.2) is 23.1 Å². The largest absolute Gasteiger partial charge is 0.459 e. The van der Waals surface area contributed by atoms with Crippen molar-refractivity contribution in [2.45, 2.75) is 18.3 Å². The highest BCUT2D eigenvalue weighted by atomic mass is 35.5. The molecule has 4 rings (SSSR count). The zero-order chi connectivity index (χ0) is 19.7. The smallest absolute Gasteiger partial charge is 0.338 e. The lowest BCUT2D eigenvalue weighted by molar-refractivity contribution is -0.167. The van der Waals surface area contributed by atoms with Crippen molar-refractivity contribution in [3.63, 3.8) is 0 Å². The van der Waals surface area contributed by atoms with Crippen LogP contribution in [0.15, 0.2) is 55.1 Å². The number of carbonyl (C=O) groups excluding carboxylic acids is 1. The van der Waals surface area contributed by atoms with E-state index in [2.05, 4.69) is 15.0 Å². The van der Waals surface area contributed by atoms with Crippen LogP contribution in [0.3, 0.4) is 0 Å². The monoisotopic (exact) mass is 406 g/mol. The fourth-order valence-corrected chi connectivity index (χ4v) is 2.93. The molecule has 3 aromatic rings. The van der Waals surface area contributed by atoms with Crippen molar-refractivity contribution in [1.82, 2.24) is 19.5 Å². The van der Waals surface area contributed by atoms with Gasteiger partial charge in [-0.05, 0) is 24.3 Å². The van der Waals surface area contributed by atoms with E-state index in [4.69, 9.17) is 21.1 Å². The molecule has 1 unspecified atom stereocenters. The standard InChI is InChI=1S/C18H13ClF2N4O3/c19-15-14-16(23-9-22-15)25(10-24-14)13-6-7-18(20,21)12(28-13)8-27-17(26)11-4-2-1-3-5-11/h1-7,9-10,12-13H,8H2/t12-,13?/m1/s1. The summed E-state index contributed by atoms with van der Waals surface area (Å²) < 4.78 is 40.4. The highest BCUT2D eigenvalue weighted by Crippen LogP contribution is 2.34. The van der Waals surface area contributed by atoms with Crippen molar-refractivity contribution in [3.8, 4) is 0 Å². The maximum absolute atomic E-state index is 14.2. The number of benzene rings is 1. The molecule has 0 N–H and O–H groups in total. The number of esters is 1. The van der Waals surface area contributed by atoms with Crippen molar-refractivity contribution in [1.29, 1.82) is 0 Å². The van der Waals surface area contributed by atoms with E-state index in [-0.39, 0.29) is 10.7 Å². The normalized spacial score (nSPS) is 21.0. The number of ether oxygens (including phenoxy) is 2. The first kappa shape index (κ1) is 18.5. The second kappa shape index (κ2) is 7.25. The number of hydrogen-bond donors (Lipinski definition) is 0. The molecular formula is C18H13ClF2N4O3. The maximum atomic E-state index is 14.2. The van der Waals surface area contributed by atoms with Gasteiger partial charge in [-0.25, -0.2) is 19.7 Å². The molecule has 1 aliphatic rings. The van der Waals surface area contributed by atoms with Gasteiger partial charge in [-0.1, -0.05) is 29.8 Å². The minimum Gasteiger partial charge on any atom is -0.459 e. The number of halogens is 3. The molecule has 0 spiro atoms. The number of hydrogen-bond acceptors (Lipinski definition) is 6. The molecule has 0 aliphatic carbocycles. The average Bonchev–Trinajstić information content (AvgIpc) is 3.13. The summed E-state index contributed by atoms with van der Waals surface area (Å²) in [6.07, 6.45) is 1.92. The summed E-state index contributed by atoms with van der Waals surface area (Å²) in [6, 6.07) is 8.10. The van der Waals surface area contributed by atoms with Crippen molar-refractivity contribution >= 4 is 28.7 Å². The molecule has 3 heterocycles. The topological polar surface area (TPSA) is 79.1 Å². The van der Waals surface area contributed by atoms with Gasteiger partial charge >= 0.3 is 5.97 Å². The molecule has 28 heavy (non-hydrogen) atoms. The fourth-order valence-electron chi connectivity index (χ4n) is 2.75. The summed E-state index contributed by atoms with van der Waals surface area (Å²) in [5, 5.41) is 0.141. The molecule has 1 aromatic carbocycles. The van der Waals surface area contributed by atoms with Gasteiger partial charge in [-0.2, -0.15) is 8.78 Å². The molecule has 1 aliphatic heterocycles. The highest BCUT2D eigenvalue weighted by molar-refractivity contribution is 6.33. The number of nitrogens with zero attached hydrogens (tertiary/aromatic N) is 4. The second-order valence-corrected chi connectivity index (χ2v) is 6.36. The number of carbonyl (C=O) groups is 1. The third kappa shape index (κ3) is 3.46. The SMILES string of the molecule is O=C(OC[C@H]1OC(n2cnc3c(Cl)ncnc32)C=CC1(F)F)c1ccccc1. The lowest BCUT2D eigenvalue weighted by Gasteiger charge is -2.32. The first-order valence-corrected chi connectivity index (χ1v) is 8.61. The Morgan fingerprint density at radius 2 is 2.04 bits per heavy atom. The predicted molar refractivity (Wildman–Crippen MR) is 95.1 cm³/mol. The van der Waals surface area contributed by atoms with E-state index < -0.39 is 30.8 Å². The van der Waals surface area contributed by atoms with Crippen LogP contribution in [0, 0.1) is 0 Å². The molecule has 144 valence electrons. The Labute approximate surface area is 162 Å². The zero-order valence-electron chi connectivity index (χ0n) is 14.2. The van der Waals surface area contributed by atoms with E-state index in [1.54, 1.807) is 18.2 Å². The maximum Gasteiger partial charge on any atom is 0.338 e. The molecule has 2 atom stereocenters. The van der Waals surface area contributed by atoms with Gasteiger partial charge in [-0.3, -0.25) is 4.57 Å². The van der Waals surface area contributed by atoms with Crippen molar-refractivity contribution < 1.29 is 23.0 Å². The Hall–Kier alpha value is -2.91. The lowest BCUT2D eigenvalue weighted by atomic mass is 10.1. The van der Waals surface area contributed by atoms with E-state index in [1.807, 2.05) is 0 Å². The summed E-state index contributed by atoms with van der Waals surface area (Å²) in [7, 11) is 0. The molecule has 0 saturated heterocycles. The van der Waals surface area contributed by atoms with Gasteiger partial charge in [0, 0.05) is 0 Å². The van der Waals surface area contributed by atoms with Crippen LogP contribution < -0.4 is 0 Å². The van der Waals surface area contributed by atoms with Gasteiger partial charge < -0.3 is 9.47 Å². The van der Waals surface area contributed by atoms with Crippen LogP contribution in [0.2, 0.25) is 5.15 Å². The Kier molecular flexibility index (Phi) is 4.78. The Bertz CT molecular complexity index is 1040. The highest BCUT2D eigenvalue weighted by Gasteiger charge is 2.44. The molecule has 0 saturated carbocycles. The molecule has 10 heteroatoms. The van der Waals surface area contributed by atoms with Crippen LogP contribution >= 0.6 is 11.6 Å². The quantitative estimate of drug-likeness (QED) is 0.375. The van der Waals surface area contributed by atoms with E-state index in [9.17, 15) is 13.6 Å².